The molecule has 0 N–H and O–H groups in total. The Labute approximate surface area is 151 Å². The van der Waals surface area contributed by atoms with Crippen LogP contribution in [0, 0.1) is 0 Å². The SMILES string of the molecule is Clc1cccc(-c2nnc(COc3nc(Cl)c(Cl)cc3Cl)o2)c1. The highest BCUT2D eigenvalue weighted by Crippen LogP contribution is 2.31. The molecule has 0 fully saturated rings. The molecule has 0 atom stereocenters. The van der Waals surface area contributed by atoms with E-state index in [1.165, 1.54) is 6.07 Å². The Morgan fingerprint density at radius 1 is 1.00 bits per heavy atom. The summed E-state index contributed by atoms with van der Waals surface area (Å²) in [6.45, 7) is -0.0156. The van der Waals surface area contributed by atoms with Gasteiger partial charge in [-0.3, -0.25) is 0 Å². The van der Waals surface area contributed by atoms with Gasteiger partial charge in [0.2, 0.25) is 11.8 Å². The van der Waals surface area contributed by atoms with Crippen LogP contribution in [0.5, 0.6) is 5.88 Å². The zero-order valence-corrected chi connectivity index (χ0v) is 14.3. The number of hydrogen-bond donors (Lipinski definition) is 0. The third-order valence-electron chi connectivity index (χ3n) is 2.73. The zero-order chi connectivity index (χ0) is 16.4. The van der Waals surface area contributed by atoms with E-state index in [0.717, 1.165) is 0 Å². The largest absolute Gasteiger partial charge is 0.466 e. The van der Waals surface area contributed by atoms with Crippen molar-refractivity contribution in [1.82, 2.24) is 15.2 Å². The fourth-order valence-corrected chi connectivity index (χ4v) is 2.44. The highest BCUT2D eigenvalue weighted by Gasteiger charge is 2.13. The van der Waals surface area contributed by atoms with E-state index in [0.29, 0.717) is 16.5 Å². The molecule has 0 spiro atoms. The molecule has 5 nitrogen and oxygen atoms in total. The van der Waals surface area contributed by atoms with Crippen LogP contribution in [0.4, 0.5) is 0 Å². The molecule has 0 saturated carbocycles. The molecule has 0 bridgehead atoms. The summed E-state index contributed by atoms with van der Waals surface area (Å²) >= 11 is 23.5. The van der Waals surface area contributed by atoms with Gasteiger partial charge < -0.3 is 9.15 Å². The summed E-state index contributed by atoms with van der Waals surface area (Å²) in [5, 5.41) is 8.97. The maximum Gasteiger partial charge on any atom is 0.254 e. The normalized spacial score (nSPS) is 10.8. The molecule has 0 amide bonds. The predicted octanol–water partition coefficient (Wildman–Crippen LogP) is 5.32. The Morgan fingerprint density at radius 2 is 1.83 bits per heavy atom. The summed E-state index contributed by atoms with van der Waals surface area (Å²) in [7, 11) is 0. The van der Waals surface area contributed by atoms with E-state index in [1.54, 1.807) is 24.3 Å². The first-order valence-electron chi connectivity index (χ1n) is 6.25. The summed E-state index contributed by atoms with van der Waals surface area (Å²) in [5.74, 6) is 0.715. The Balaban J connectivity index is 1.74. The van der Waals surface area contributed by atoms with Gasteiger partial charge in [-0.2, -0.15) is 4.98 Å². The number of pyridine rings is 1. The van der Waals surface area contributed by atoms with Gasteiger partial charge in [0.15, 0.2) is 11.8 Å². The number of benzene rings is 1. The molecule has 0 aliphatic rings. The molecule has 0 saturated heterocycles. The molecule has 3 rings (SSSR count). The van der Waals surface area contributed by atoms with Crippen LogP contribution in [0.25, 0.3) is 11.5 Å². The highest BCUT2D eigenvalue weighted by molar-refractivity contribution is 6.42. The average molecular weight is 391 g/mol. The van der Waals surface area contributed by atoms with Crippen LogP contribution in [0.1, 0.15) is 5.89 Å². The first-order valence-corrected chi connectivity index (χ1v) is 7.77. The minimum absolute atomic E-state index is 0.0156. The van der Waals surface area contributed by atoms with Crippen molar-refractivity contribution in [3.05, 3.63) is 56.4 Å². The van der Waals surface area contributed by atoms with E-state index in [-0.39, 0.29) is 33.6 Å². The highest BCUT2D eigenvalue weighted by atomic mass is 35.5. The summed E-state index contributed by atoms with van der Waals surface area (Å²) < 4.78 is 10.9. The Bertz CT molecular complexity index is 854. The summed E-state index contributed by atoms with van der Waals surface area (Å²) in [4.78, 5) is 3.94. The van der Waals surface area contributed by atoms with Crippen molar-refractivity contribution < 1.29 is 9.15 Å². The predicted molar refractivity (Wildman–Crippen MR) is 88.3 cm³/mol. The van der Waals surface area contributed by atoms with E-state index in [2.05, 4.69) is 15.2 Å². The monoisotopic (exact) mass is 389 g/mol. The van der Waals surface area contributed by atoms with Gasteiger partial charge in [0, 0.05) is 10.6 Å². The smallest absolute Gasteiger partial charge is 0.254 e. The second-order valence-electron chi connectivity index (χ2n) is 4.35. The van der Waals surface area contributed by atoms with Gasteiger partial charge in [-0.05, 0) is 24.3 Å². The lowest BCUT2D eigenvalue weighted by Gasteiger charge is -2.05. The lowest BCUT2D eigenvalue weighted by Crippen LogP contribution is -1.98. The van der Waals surface area contributed by atoms with Gasteiger partial charge in [0.05, 0.1) is 5.02 Å². The van der Waals surface area contributed by atoms with Crippen molar-refractivity contribution in [3.8, 4) is 17.3 Å². The van der Waals surface area contributed by atoms with Gasteiger partial charge in [0.1, 0.15) is 5.02 Å². The van der Waals surface area contributed by atoms with E-state index >= 15 is 0 Å². The second kappa shape index (κ2) is 6.93. The van der Waals surface area contributed by atoms with Gasteiger partial charge in [0.25, 0.3) is 5.89 Å². The van der Waals surface area contributed by atoms with E-state index in [1.807, 2.05) is 0 Å². The lowest BCUT2D eigenvalue weighted by atomic mass is 10.2. The quantitative estimate of drug-likeness (QED) is 0.563. The van der Waals surface area contributed by atoms with Crippen molar-refractivity contribution in [3.63, 3.8) is 0 Å². The fourth-order valence-electron chi connectivity index (χ4n) is 1.71. The molecule has 0 unspecified atom stereocenters. The van der Waals surface area contributed by atoms with Crippen LogP contribution in [0.3, 0.4) is 0 Å². The maximum atomic E-state index is 5.97. The lowest BCUT2D eigenvalue weighted by molar-refractivity contribution is 0.255. The van der Waals surface area contributed by atoms with Crippen LogP contribution in [-0.4, -0.2) is 15.2 Å². The molecule has 9 heteroatoms. The van der Waals surface area contributed by atoms with E-state index < -0.39 is 0 Å². The minimum atomic E-state index is -0.0156. The summed E-state index contributed by atoms with van der Waals surface area (Å²) in [5.41, 5.74) is 0.710. The Kier molecular flexibility index (Phi) is 4.92. The first kappa shape index (κ1) is 16.3. The molecule has 0 aliphatic heterocycles. The second-order valence-corrected chi connectivity index (χ2v) is 5.96. The van der Waals surface area contributed by atoms with Crippen molar-refractivity contribution in [2.45, 2.75) is 6.61 Å². The van der Waals surface area contributed by atoms with Crippen molar-refractivity contribution in [2.24, 2.45) is 0 Å². The van der Waals surface area contributed by atoms with Crippen molar-refractivity contribution in [2.75, 3.05) is 0 Å². The Hall–Kier alpha value is -1.53. The summed E-state index contributed by atoms with van der Waals surface area (Å²) in [6.07, 6.45) is 0. The molecule has 23 heavy (non-hydrogen) atoms. The number of halogens is 4. The van der Waals surface area contributed by atoms with Gasteiger partial charge >= 0.3 is 0 Å². The number of rotatable bonds is 4. The first-order chi connectivity index (χ1) is 11.0. The summed E-state index contributed by atoms with van der Waals surface area (Å²) in [6, 6.07) is 8.51. The van der Waals surface area contributed by atoms with Crippen LogP contribution in [-0.2, 0) is 6.61 Å². The third-order valence-corrected chi connectivity index (χ3v) is 3.90. The molecule has 118 valence electrons. The fraction of sp³-hybridized carbons (Fsp3) is 0.0714. The van der Waals surface area contributed by atoms with Crippen LogP contribution >= 0.6 is 46.4 Å². The molecular weight excluding hydrogens is 384 g/mol. The zero-order valence-electron chi connectivity index (χ0n) is 11.3. The van der Waals surface area contributed by atoms with Crippen LogP contribution in [0.2, 0.25) is 20.2 Å². The Morgan fingerprint density at radius 3 is 2.61 bits per heavy atom. The van der Waals surface area contributed by atoms with Crippen molar-refractivity contribution >= 4 is 46.4 Å². The number of hydrogen-bond acceptors (Lipinski definition) is 5. The minimum Gasteiger partial charge on any atom is -0.466 e. The molecule has 1 aromatic carbocycles. The number of ether oxygens (including phenoxy) is 1. The number of aromatic nitrogens is 3. The molecule has 2 heterocycles. The van der Waals surface area contributed by atoms with Crippen LogP contribution < -0.4 is 4.74 Å². The van der Waals surface area contributed by atoms with Crippen LogP contribution in [0.15, 0.2) is 34.7 Å². The number of nitrogens with zero attached hydrogens (tertiary/aromatic N) is 3. The molecule has 0 aliphatic carbocycles. The average Bonchev–Trinajstić information content (AvgIpc) is 2.98. The van der Waals surface area contributed by atoms with Gasteiger partial charge in [-0.25, -0.2) is 0 Å². The standard InChI is InChI=1S/C14H7Cl4N3O2/c15-8-3-1-2-7(4-8)13-21-20-11(23-13)6-22-14-10(17)5-9(16)12(18)19-14/h1-5H,6H2. The maximum absolute atomic E-state index is 5.97. The van der Waals surface area contributed by atoms with E-state index in [9.17, 15) is 0 Å². The third kappa shape index (κ3) is 3.87. The molecular formula is C14H7Cl4N3O2. The van der Waals surface area contributed by atoms with Gasteiger partial charge in [-0.15, -0.1) is 10.2 Å². The molecule has 2 aromatic heterocycles. The molecule has 0 radical (unpaired) electrons. The van der Waals surface area contributed by atoms with E-state index in [4.69, 9.17) is 55.6 Å². The van der Waals surface area contributed by atoms with Gasteiger partial charge in [-0.1, -0.05) is 52.5 Å². The van der Waals surface area contributed by atoms with Crippen molar-refractivity contribution in [1.29, 1.82) is 0 Å². The molecule has 3 aromatic rings. The topological polar surface area (TPSA) is 61.0 Å².